The summed E-state index contributed by atoms with van der Waals surface area (Å²) in [6, 6.07) is 47.7. The van der Waals surface area contributed by atoms with Crippen LogP contribution in [0.5, 0.6) is 0 Å². The summed E-state index contributed by atoms with van der Waals surface area (Å²) >= 11 is 1.24. The van der Waals surface area contributed by atoms with E-state index in [4.69, 9.17) is 6.30 Å². The minimum absolute atomic E-state index is 0. The van der Waals surface area contributed by atoms with Crippen molar-refractivity contribution in [2.45, 2.75) is 94.9 Å². The summed E-state index contributed by atoms with van der Waals surface area (Å²) in [6.45, 7) is 21.8. The lowest BCUT2D eigenvalue weighted by Gasteiger charge is -2.26. The maximum absolute atomic E-state index is 12.3. The summed E-state index contributed by atoms with van der Waals surface area (Å²) in [7, 11) is 0. The molecule has 0 spiro atoms. The third-order valence-electron chi connectivity index (χ3n) is 10.5. The Balaban J connectivity index is 0.000000891. The molecule has 2 saturated heterocycles. The van der Waals surface area contributed by atoms with Gasteiger partial charge in [-0.2, -0.15) is 0 Å². The molecule has 0 saturated carbocycles. The lowest BCUT2D eigenvalue weighted by Crippen LogP contribution is -2.25. The molecule has 0 aromatic heterocycles. The monoisotopic (exact) mass is 1060 g/mol. The summed E-state index contributed by atoms with van der Waals surface area (Å²) < 4.78 is 12.5. The summed E-state index contributed by atoms with van der Waals surface area (Å²) in [5.74, 6) is -2.53. The highest BCUT2D eigenvalue weighted by Gasteiger charge is 2.40. The van der Waals surface area contributed by atoms with Crippen molar-refractivity contribution in [2.75, 3.05) is 6.26 Å². The second-order valence-electron chi connectivity index (χ2n) is 16.6. The molecule has 3 heterocycles. The first kappa shape index (κ1) is 67.7. The van der Waals surface area contributed by atoms with Gasteiger partial charge in [-0.3, -0.25) is 28.8 Å². The predicted octanol–water partition coefficient (Wildman–Crippen LogP) is 12.3. The first-order valence-electron chi connectivity index (χ1n) is 24.0. The van der Waals surface area contributed by atoms with Gasteiger partial charge in [0.1, 0.15) is 0 Å². The fourth-order valence-corrected chi connectivity index (χ4v) is 9.51. The molecule has 0 bridgehead atoms. The van der Waals surface area contributed by atoms with E-state index in [-0.39, 0.29) is 37.1 Å². The van der Waals surface area contributed by atoms with Gasteiger partial charge < -0.3 is 14.2 Å². The molecule has 5 aromatic carbocycles. The minimum atomic E-state index is -1.78. The van der Waals surface area contributed by atoms with Crippen LogP contribution in [0.1, 0.15) is 122 Å². The van der Waals surface area contributed by atoms with Crippen molar-refractivity contribution in [1.29, 1.82) is 0 Å². The number of thioether (sulfide) groups is 1. The maximum atomic E-state index is 12.3. The van der Waals surface area contributed by atoms with Crippen LogP contribution in [-0.4, -0.2) is 59.3 Å². The average Bonchev–Trinajstić information content (AvgIpc) is 4.03. The number of hydrogen-bond acceptors (Lipinski definition) is 12. The van der Waals surface area contributed by atoms with E-state index in [2.05, 4.69) is 132 Å². The molecule has 4 aliphatic rings. The third kappa shape index (κ3) is 22.4. The first-order valence-corrected chi connectivity index (χ1v) is 27.2. The van der Waals surface area contributed by atoms with Crippen LogP contribution >= 0.6 is 18.6 Å². The Hall–Kier alpha value is -7.27. The van der Waals surface area contributed by atoms with Gasteiger partial charge in [0, 0.05) is 36.1 Å². The van der Waals surface area contributed by atoms with Crippen LogP contribution in [0.15, 0.2) is 177 Å². The predicted molar refractivity (Wildman–Crippen MR) is 309 cm³/mol. The number of fused-ring (bicyclic) bond motifs is 2. The van der Waals surface area contributed by atoms with Crippen molar-refractivity contribution in [2.24, 2.45) is 11.3 Å². The number of cyclic esters (lactones) is 6. The molecular formula is C62H75O11PS. The number of hydrogen-bond donors (Lipinski definition) is 0. The normalized spacial score (nSPS) is 14.7. The van der Waals surface area contributed by atoms with Crippen LogP contribution < -0.4 is 15.9 Å². The molecule has 11 nitrogen and oxygen atoms in total. The van der Waals surface area contributed by atoms with E-state index in [1.54, 1.807) is 40.0 Å². The van der Waals surface area contributed by atoms with Gasteiger partial charge in [-0.05, 0) is 67.4 Å². The molecule has 3 aliphatic heterocycles. The lowest BCUT2D eigenvalue weighted by atomic mass is 9.78. The molecule has 0 radical (unpaired) electrons. The molecule has 1 atom stereocenters. The minimum Gasteiger partial charge on any atom is -0.393 e. The number of carbonyl (C=O) groups excluding carboxylic acids is 8. The van der Waals surface area contributed by atoms with Crippen LogP contribution in [0, 0.1) is 11.3 Å². The zero-order valence-corrected chi connectivity index (χ0v) is 46.0. The van der Waals surface area contributed by atoms with Crippen LogP contribution in [0.2, 0.25) is 0 Å². The molecule has 9 rings (SSSR count). The van der Waals surface area contributed by atoms with E-state index in [0.717, 1.165) is 40.8 Å². The largest absolute Gasteiger partial charge is 0.393 e. The topological polar surface area (TPSA) is 164 Å². The van der Waals surface area contributed by atoms with E-state index < -0.39 is 48.1 Å². The lowest BCUT2D eigenvalue weighted by molar-refractivity contribution is -0.155. The Bertz CT molecular complexity index is 2560. The van der Waals surface area contributed by atoms with Crippen molar-refractivity contribution in [3.8, 4) is 0 Å². The second kappa shape index (κ2) is 35.8. The quantitative estimate of drug-likeness (QED) is 0.0551. The average molecular weight is 1060 g/mol. The van der Waals surface area contributed by atoms with Crippen molar-refractivity contribution in [3.05, 3.63) is 199 Å². The van der Waals surface area contributed by atoms with Gasteiger partial charge >= 0.3 is 35.8 Å². The standard InChI is InChI=1S/C19H17P.C15H12O.C6H8O3.C5H6O3.C4H2O3.C4H8.C3H6OS.C3H6.C2H6.CH4/c1-20(17-11-5-2-6-12-17,18-13-7-3-8-14-18)19-15-9-4-10-16-19;1-10-11-6-2-4-8-13(11)15(16)14-9-5-3-7-12(10)14;1-6(2)3-4(7)9-5(6)8;1-3-2-4(6)8-5(3)7;5-3-1-2-4(6)7-3;1-3-4-2;1-3(4)5-2;1-3-2;1-2;/h2-16H,1H2;2-10H,1H3;3H2,1-2H3;3H,2H2,1H3;1-2H;3H,1,4H2,2H3;1-2H3;3H,1H2,2H3;1-2H3;1H4. The smallest absolute Gasteiger partial charge is 0.338 e. The van der Waals surface area contributed by atoms with Crippen LogP contribution in [0.25, 0.3) is 0 Å². The van der Waals surface area contributed by atoms with E-state index >= 15 is 0 Å². The Kier molecular flexibility index (Phi) is 32.3. The molecule has 2 fully saturated rings. The third-order valence-corrected chi connectivity index (χ3v) is 14.6. The molecule has 1 aliphatic carbocycles. The fourth-order valence-electron chi connectivity index (χ4n) is 6.57. The Morgan fingerprint density at radius 2 is 1.00 bits per heavy atom. The number of esters is 6. The number of benzene rings is 5. The molecular weight excluding hydrogens is 984 g/mol. The van der Waals surface area contributed by atoms with Gasteiger partial charge in [0.25, 0.3) is 0 Å². The fraction of sp³-hybridized carbons (Fsp3) is 0.274. The zero-order valence-electron chi connectivity index (χ0n) is 44.3. The first-order chi connectivity index (χ1) is 35.2. The molecule has 400 valence electrons. The van der Waals surface area contributed by atoms with E-state index in [9.17, 15) is 38.4 Å². The van der Waals surface area contributed by atoms with E-state index in [0.29, 0.717) is 5.92 Å². The summed E-state index contributed by atoms with van der Waals surface area (Å²) in [6.07, 6.45) is 13.8. The van der Waals surface area contributed by atoms with Crippen LogP contribution in [0.4, 0.5) is 0 Å². The number of carbonyl (C=O) groups is 8. The molecule has 13 heteroatoms. The van der Waals surface area contributed by atoms with Crippen molar-refractivity contribution < 1.29 is 52.6 Å². The highest BCUT2D eigenvalue weighted by molar-refractivity contribution is 8.13. The van der Waals surface area contributed by atoms with Crippen molar-refractivity contribution in [3.63, 3.8) is 0 Å². The van der Waals surface area contributed by atoms with E-state index in [1.165, 1.54) is 27.7 Å². The summed E-state index contributed by atoms with van der Waals surface area (Å²) in [5.41, 5.74) is 3.41. The number of rotatable bonds is 4. The Labute approximate surface area is 449 Å². The highest BCUT2D eigenvalue weighted by atomic mass is 32.2. The molecule has 75 heavy (non-hydrogen) atoms. The summed E-state index contributed by atoms with van der Waals surface area (Å²) in [5, 5.41) is 4.12. The van der Waals surface area contributed by atoms with Gasteiger partial charge in [-0.15, -0.1) is 13.2 Å². The molecule has 0 amide bonds. The van der Waals surface area contributed by atoms with Gasteiger partial charge in [-0.1, -0.05) is 212 Å². The van der Waals surface area contributed by atoms with Gasteiger partial charge in [-0.25, -0.2) is 9.59 Å². The number of ether oxygens (including phenoxy) is 3. The van der Waals surface area contributed by atoms with Gasteiger partial charge in [0.15, 0.2) is 10.9 Å². The van der Waals surface area contributed by atoms with Crippen molar-refractivity contribution >= 4 is 87.6 Å². The van der Waals surface area contributed by atoms with Crippen molar-refractivity contribution in [1.82, 2.24) is 0 Å². The second-order valence-corrected chi connectivity index (χ2v) is 20.8. The SMILES string of the molecule is C.C=CC.C=CCC.C=P(c1ccccc1)(c1ccccc1)c1ccccc1.CC.CC1(C)CC(=O)OC1=O.CC1CC(=O)OC1=O.CC1c2ccccc2C(=O)c2ccccc21.CSC(C)=O.O=C1C=CC(=O)O1. The maximum Gasteiger partial charge on any atom is 0.338 e. The van der Waals surface area contributed by atoms with E-state index in [1.807, 2.05) is 75.4 Å². The molecule has 5 aromatic rings. The molecule has 0 N–H and O–H groups in total. The molecule has 1 unspecified atom stereocenters. The van der Waals surface area contributed by atoms with Gasteiger partial charge in [0.2, 0.25) is 0 Å². The Morgan fingerprint density at radius 1 is 0.653 bits per heavy atom. The Morgan fingerprint density at radius 3 is 1.21 bits per heavy atom. The summed E-state index contributed by atoms with van der Waals surface area (Å²) in [4.78, 5) is 83.5. The van der Waals surface area contributed by atoms with Crippen LogP contribution in [-0.2, 0) is 47.8 Å². The number of ketones is 1. The van der Waals surface area contributed by atoms with Crippen LogP contribution in [0.3, 0.4) is 0 Å². The zero-order chi connectivity index (χ0) is 55.9. The van der Waals surface area contributed by atoms with Gasteiger partial charge in [0.05, 0.1) is 24.2 Å². The highest BCUT2D eigenvalue weighted by Crippen LogP contribution is 2.41. The number of allylic oxidation sites excluding steroid dienone is 2.